The lowest BCUT2D eigenvalue weighted by Crippen LogP contribution is -2.08. The Morgan fingerprint density at radius 1 is 1.45 bits per heavy atom. The van der Waals surface area contributed by atoms with Crippen LogP contribution in [0.25, 0.3) is 0 Å². The molecule has 2 heterocycles. The van der Waals surface area contributed by atoms with Crippen LogP contribution in [0.4, 0.5) is 0 Å². The fourth-order valence-electron chi connectivity index (χ4n) is 2.28. The van der Waals surface area contributed by atoms with Crippen molar-refractivity contribution in [1.82, 2.24) is 19.1 Å². The number of hydrogen-bond acceptors (Lipinski definition) is 4. The zero-order valence-electron chi connectivity index (χ0n) is 11.0. The van der Waals surface area contributed by atoms with E-state index in [2.05, 4.69) is 14.5 Å². The lowest BCUT2D eigenvalue weighted by Gasteiger charge is -2.09. The van der Waals surface area contributed by atoms with Crippen molar-refractivity contribution in [1.29, 1.82) is 0 Å². The van der Waals surface area contributed by atoms with Gasteiger partial charge in [-0.1, -0.05) is 6.92 Å². The molecule has 0 bridgehead atoms. The first kappa shape index (κ1) is 13.6. The molecule has 1 saturated carbocycles. The van der Waals surface area contributed by atoms with E-state index in [1.165, 1.54) is 19.0 Å². The van der Waals surface area contributed by atoms with Crippen LogP contribution in [-0.2, 0) is 22.0 Å². The molecular formula is C12H15ClN4O2S. The Morgan fingerprint density at radius 2 is 2.20 bits per heavy atom. The van der Waals surface area contributed by atoms with Gasteiger partial charge in [-0.15, -0.1) is 0 Å². The van der Waals surface area contributed by atoms with Crippen LogP contribution in [0.3, 0.4) is 0 Å². The SMILES string of the molecule is CCc1nc(S(=O)(=O)Cl)cn1Cc1cncn1C1CC1. The van der Waals surface area contributed by atoms with Gasteiger partial charge < -0.3 is 9.13 Å². The first-order chi connectivity index (χ1) is 9.49. The number of aromatic nitrogens is 4. The number of aryl methyl sites for hydroxylation is 1. The molecule has 0 spiro atoms. The summed E-state index contributed by atoms with van der Waals surface area (Å²) in [6.45, 7) is 2.49. The average molecular weight is 315 g/mol. The van der Waals surface area contributed by atoms with Gasteiger partial charge in [-0.2, -0.15) is 0 Å². The van der Waals surface area contributed by atoms with Crippen molar-refractivity contribution in [2.45, 2.75) is 43.8 Å². The van der Waals surface area contributed by atoms with Gasteiger partial charge in [-0.25, -0.2) is 18.4 Å². The molecule has 2 aromatic heterocycles. The Labute approximate surface area is 121 Å². The fourth-order valence-corrected chi connectivity index (χ4v) is 2.97. The van der Waals surface area contributed by atoms with Gasteiger partial charge in [0.15, 0.2) is 5.03 Å². The first-order valence-corrected chi connectivity index (χ1v) is 8.81. The number of imidazole rings is 2. The standard InChI is InChI=1S/C12H15ClN4O2S/c1-2-11-15-12(20(13,18)19)7-16(11)6-10-5-14-8-17(10)9-3-4-9/h5,7-9H,2-4,6H2,1H3. The van der Waals surface area contributed by atoms with Crippen molar-refractivity contribution in [3.8, 4) is 0 Å². The van der Waals surface area contributed by atoms with Gasteiger partial charge in [0.2, 0.25) is 0 Å². The predicted octanol–water partition coefficient (Wildman–Crippen LogP) is 1.95. The number of rotatable bonds is 5. The van der Waals surface area contributed by atoms with Crippen molar-refractivity contribution in [2.75, 3.05) is 0 Å². The van der Waals surface area contributed by atoms with Crippen molar-refractivity contribution in [3.05, 3.63) is 30.2 Å². The Morgan fingerprint density at radius 3 is 2.80 bits per heavy atom. The molecule has 0 radical (unpaired) electrons. The monoisotopic (exact) mass is 314 g/mol. The molecule has 0 atom stereocenters. The van der Waals surface area contributed by atoms with Crippen LogP contribution in [-0.4, -0.2) is 27.5 Å². The summed E-state index contributed by atoms with van der Waals surface area (Å²) in [4.78, 5) is 8.26. The summed E-state index contributed by atoms with van der Waals surface area (Å²) in [5.74, 6) is 0.702. The molecule has 0 saturated heterocycles. The molecular weight excluding hydrogens is 300 g/mol. The summed E-state index contributed by atoms with van der Waals surface area (Å²) in [6.07, 6.45) is 8.13. The van der Waals surface area contributed by atoms with Gasteiger partial charge in [0.25, 0.3) is 9.05 Å². The molecule has 2 aromatic rings. The Balaban J connectivity index is 1.93. The maximum atomic E-state index is 11.4. The third kappa shape index (κ3) is 2.60. The highest BCUT2D eigenvalue weighted by molar-refractivity contribution is 8.13. The van der Waals surface area contributed by atoms with Crippen molar-refractivity contribution >= 4 is 19.7 Å². The quantitative estimate of drug-likeness (QED) is 0.791. The van der Waals surface area contributed by atoms with Crippen LogP contribution in [0, 0.1) is 0 Å². The van der Waals surface area contributed by atoms with Crippen LogP contribution in [0.5, 0.6) is 0 Å². The highest BCUT2D eigenvalue weighted by Gasteiger charge is 2.25. The van der Waals surface area contributed by atoms with Crippen LogP contribution in [0.15, 0.2) is 23.7 Å². The summed E-state index contributed by atoms with van der Waals surface area (Å²) in [5.41, 5.74) is 1.05. The van der Waals surface area contributed by atoms with Gasteiger partial charge in [0.05, 0.1) is 18.6 Å². The molecule has 8 heteroatoms. The molecule has 108 valence electrons. The molecule has 1 aliphatic carbocycles. The molecule has 0 aliphatic heterocycles. The predicted molar refractivity (Wildman–Crippen MR) is 74.2 cm³/mol. The normalized spacial score (nSPS) is 15.7. The van der Waals surface area contributed by atoms with Crippen molar-refractivity contribution in [2.24, 2.45) is 0 Å². The maximum absolute atomic E-state index is 11.4. The minimum Gasteiger partial charge on any atom is -0.330 e. The van der Waals surface area contributed by atoms with E-state index in [4.69, 9.17) is 10.7 Å². The molecule has 20 heavy (non-hydrogen) atoms. The smallest absolute Gasteiger partial charge is 0.280 e. The second-order valence-electron chi connectivity index (χ2n) is 4.94. The minimum atomic E-state index is -3.79. The summed E-state index contributed by atoms with van der Waals surface area (Å²) in [5, 5.41) is -0.0893. The first-order valence-electron chi connectivity index (χ1n) is 6.50. The summed E-state index contributed by atoms with van der Waals surface area (Å²) in [7, 11) is 1.56. The average Bonchev–Trinajstić information content (AvgIpc) is 2.97. The topological polar surface area (TPSA) is 69.8 Å². The molecule has 0 unspecified atom stereocenters. The number of halogens is 1. The van der Waals surface area contributed by atoms with Crippen LogP contribution < -0.4 is 0 Å². The fraction of sp³-hybridized carbons (Fsp3) is 0.500. The van der Waals surface area contributed by atoms with E-state index < -0.39 is 9.05 Å². The molecule has 1 aliphatic rings. The molecule has 0 N–H and O–H groups in total. The van der Waals surface area contributed by atoms with E-state index in [-0.39, 0.29) is 5.03 Å². The van der Waals surface area contributed by atoms with E-state index >= 15 is 0 Å². The zero-order chi connectivity index (χ0) is 14.3. The molecule has 3 rings (SSSR count). The lowest BCUT2D eigenvalue weighted by molar-refractivity contribution is 0.606. The Hall–Kier alpha value is -1.34. The largest absolute Gasteiger partial charge is 0.330 e. The zero-order valence-corrected chi connectivity index (χ0v) is 12.6. The van der Waals surface area contributed by atoms with Gasteiger partial charge in [0, 0.05) is 35.5 Å². The minimum absolute atomic E-state index is 0.0893. The van der Waals surface area contributed by atoms with Crippen LogP contribution in [0.2, 0.25) is 0 Å². The third-order valence-corrected chi connectivity index (χ3v) is 4.59. The molecule has 0 amide bonds. The summed E-state index contributed by atoms with van der Waals surface area (Å²) >= 11 is 0. The van der Waals surface area contributed by atoms with Crippen LogP contribution >= 0.6 is 10.7 Å². The summed E-state index contributed by atoms with van der Waals surface area (Å²) < 4.78 is 26.7. The van der Waals surface area contributed by atoms with E-state index in [1.807, 2.05) is 24.0 Å². The lowest BCUT2D eigenvalue weighted by atomic mass is 10.4. The third-order valence-electron chi connectivity index (χ3n) is 3.42. The Kier molecular flexibility index (Phi) is 3.33. The molecule has 0 aromatic carbocycles. The van der Waals surface area contributed by atoms with Gasteiger partial charge >= 0.3 is 0 Å². The Bertz CT molecular complexity index is 730. The number of hydrogen-bond donors (Lipinski definition) is 0. The summed E-state index contributed by atoms with van der Waals surface area (Å²) in [6, 6.07) is 0.539. The van der Waals surface area contributed by atoms with E-state index in [1.54, 1.807) is 0 Å². The van der Waals surface area contributed by atoms with Gasteiger partial charge in [0.1, 0.15) is 5.82 Å². The van der Waals surface area contributed by atoms with Crippen molar-refractivity contribution in [3.63, 3.8) is 0 Å². The van der Waals surface area contributed by atoms with Crippen molar-refractivity contribution < 1.29 is 8.42 Å². The van der Waals surface area contributed by atoms with E-state index in [0.717, 1.165) is 5.69 Å². The second kappa shape index (κ2) is 4.89. The highest BCUT2D eigenvalue weighted by atomic mass is 35.7. The van der Waals surface area contributed by atoms with Gasteiger partial charge in [-0.3, -0.25) is 0 Å². The van der Waals surface area contributed by atoms with Crippen LogP contribution in [0.1, 0.15) is 37.3 Å². The molecule has 1 fully saturated rings. The molecule has 6 nitrogen and oxygen atoms in total. The highest BCUT2D eigenvalue weighted by Crippen LogP contribution is 2.35. The second-order valence-corrected chi connectivity index (χ2v) is 7.45. The maximum Gasteiger partial charge on any atom is 0.280 e. The van der Waals surface area contributed by atoms with E-state index in [9.17, 15) is 8.42 Å². The van der Waals surface area contributed by atoms with E-state index in [0.29, 0.717) is 24.8 Å². The number of nitrogens with zero attached hydrogens (tertiary/aromatic N) is 4. The van der Waals surface area contributed by atoms with Gasteiger partial charge in [-0.05, 0) is 12.8 Å².